The fourth-order valence-electron chi connectivity index (χ4n) is 0.959. The van der Waals surface area contributed by atoms with Gasteiger partial charge in [-0.3, -0.25) is 4.98 Å². The first-order valence-corrected chi connectivity index (χ1v) is 3.41. The summed E-state index contributed by atoms with van der Waals surface area (Å²) in [6.45, 7) is 0. The molecule has 0 atom stereocenters. The first-order valence-electron chi connectivity index (χ1n) is 3.41. The van der Waals surface area contributed by atoms with Crippen LogP contribution >= 0.6 is 0 Å². The van der Waals surface area contributed by atoms with Gasteiger partial charge in [0.1, 0.15) is 5.76 Å². The highest BCUT2D eigenvalue weighted by Crippen LogP contribution is 2.17. The Morgan fingerprint density at radius 1 is 1.09 bits per heavy atom. The van der Waals surface area contributed by atoms with E-state index in [4.69, 9.17) is 4.42 Å². The Morgan fingerprint density at radius 3 is 2.55 bits per heavy atom. The zero-order valence-electron chi connectivity index (χ0n) is 5.90. The Bertz CT molecular complexity index is 313. The number of aromatic nitrogens is 1. The second-order valence-corrected chi connectivity index (χ2v) is 2.21. The van der Waals surface area contributed by atoms with Gasteiger partial charge in [-0.15, -0.1) is 0 Å². The first kappa shape index (κ1) is 6.16. The zero-order valence-corrected chi connectivity index (χ0v) is 5.90. The molecule has 2 nitrogen and oxygen atoms in total. The highest BCUT2D eigenvalue weighted by Gasteiger charge is 1.96. The highest BCUT2D eigenvalue weighted by molar-refractivity contribution is 5.55. The monoisotopic (exact) mass is 145 g/mol. The van der Waals surface area contributed by atoms with Crippen LogP contribution in [0.4, 0.5) is 0 Å². The van der Waals surface area contributed by atoms with Gasteiger partial charge >= 0.3 is 0 Å². The summed E-state index contributed by atoms with van der Waals surface area (Å²) in [5.74, 6) is 0.882. The lowest BCUT2D eigenvalue weighted by Gasteiger charge is -1.92. The summed E-state index contributed by atoms with van der Waals surface area (Å²) in [5.41, 5.74) is 1.06. The van der Waals surface area contributed by atoms with E-state index in [9.17, 15) is 0 Å². The number of furan rings is 1. The zero-order chi connectivity index (χ0) is 7.52. The SMILES string of the molecule is c1coc(-c2ccncc2)c1. The van der Waals surface area contributed by atoms with E-state index in [0.29, 0.717) is 0 Å². The third-order valence-corrected chi connectivity index (χ3v) is 1.49. The van der Waals surface area contributed by atoms with Gasteiger partial charge in [0.05, 0.1) is 6.26 Å². The number of hydrogen-bond acceptors (Lipinski definition) is 2. The van der Waals surface area contributed by atoms with Crippen molar-refractivity contribution >= 4 is 0 Å². The van der Waals surface area contributed by atoms with Crippen LogP contribution in [-0.4, -0.2) is 4.98 Å². The molecule has 2 heteroatoms. The standard InChI is InChI=1S/C9H7NO/c1-2-9(11-7-1)8-3-5-10-6-4-8/h1-7H. The van der Waals surface area contributed by atoms with Gasteiger partial charge in [-0.1, -0.05) is 0 Å². The summed E-state index contributed by atoms with van der Waals surface area (Å²) in [6, 6.07) is 7.63. The summed E-state index contributed by atoms with van der Waals surface area (Å²) >= 11 is 0. The van der Waals surface area contributed by atoms with Crippen molar-refractivity contribution in [3.63, 3.8) is 0 Å². The predicted molar refractivity (Wildman–Crippen MR) is 41.9 cm³/mol. The maximum absolute atomic E-state index is 5.19. The lowest BCUT2D eigenvalue weighted by atomic mass is 10.2. The van der Waals surface area contributed by atoms with E-state index in [1.807, 2.05) is 24.3 Å². The van der Waals surface area contributed by atoms with E-state index in [-0.39, 0.29) is 0 Å². The molecule has 0 aromatic carbocycles. The van der Waals surface area contributed by atoms with E-state index in [1.165, 1.54) is 0 Å². The molecule has 2 rings (SSSR count). The molecule has 2 aromatic rings. The van der Waals surface area contributed by atoms with Crippen LogP contribution in [0.3, 0.4) is 0 Å². The van der Waals surface area contributed by atoms with Gasteiger partial charge < -0.3 is 4.42 Å². The van der Waals surface area contributed by atoms with Crippen LogP contribution in [0, 0.1) is 0 Å². The first-order chi connectivity index (χ1) is 5.47. The fraction of sp³-hybridized carbons (Fsp3) is 0. The average Bonchev–Trinajstić information content (AvgIpc) is 2.58. The molecule has 11 heavy (non-hydrogen) atoms. The minimum atomic E-state index is 0.882. The topological polar surface area (TPSA) is 26.0 Å². The van der Waals surface area contributed by atoms with Gasteiger partial charge in [0.2, 0.25) is 0 Å². The van der Waals surface area contributed by atoms with E-state index in [0.717, 1.165) is 11.3 Å². The Balaban J connectivity index is 2.46. The van der Waals surface area contributed by atoms with Gasteiger partial charge in [-0.25, -0.2) is 0 Å². The van der Waals surface area contributed by atoms with Crippen molar-refractivity contribution < 1.29 is 4.42 Å². The molecule has 0 spiro atoms. The number of pyridine rings is 1. The van der Waals surface area contributed by atoms with Crippen molar-refractivity contribution in [1.29, 1.82) is 0 Å². The van der Waals surface area contributed by atoms with Crippen LogP contribution in [-0.2, 0) is 0 Å². The van der Waals surface area contributed by atoms with Crippen molar-refractivity contribution in [3.8, 4) is 11.3 Å². The molecule has 54 valence electrons. The van der Waals surface area contributed by atoms with Crippen molar-refractivity contribution in [2.75, 3.05) is 0 Å². The molecule has 2 aromatic heterocycles. The number of rotatable bonds is 1. The van der Waals surface area contributed by atoms with Gasteiger partial charge in [-0.05, 0) is 24.3 Å². The molecule has 0 amide bonds. The Hall–Kier alpha value is -1.57. The molecule has 0 saturated carbocycles. The summed E-state index contributed by atoms with van der Waals surface area (Å²) in [7, 11) is 0. The minimum absolute atomic E-state index is 0.882. The van der Waals surface area contributed by atoms with Crippen LogP contribution in [0.5, 0.6) is 0 Å². The van der Waals surface area contributed by atoms with Crippen LogP contribution in [0.15, 0.2) is 47.3 Å². The van der Waals surface area contributed by atoms with Gasteiger partial charge in [0, 0.05) is 18.0 Å². The van der Waals surface area contributed by atoms with E-state index in [2.05, 4.69) is 4.98 Å². The molecule has 0 fully saturated rings. The van der Waals surface area contributed by atoms with E-state index >= 15 is 0 Å². The number of nitrogens with zero attached hydrogens (tertiary/aromatic N) is 1. The van der Waals surface area contributed by atoms with Gasteiger partial charge in [0.15, 0.2) is 0 Å². The maximum atomic E-state index is 5.19. The lowest BCUT2D eigenvalue weighted by molar-refractivity contribution is 0.582. The molecular formula is C9H7NO. The van der Waals surface area contributed by atoms with Crippen LogP contribution in [0.25, 0.3) is 11.3 Å². The predicted octanol–water partition coefficient (Wildman–Crippen LogP) is 2.34. The summed E-state index contributed by atoms with van der Waals surface area (Å²) in [4.78, 5) is 3.91. The molecular weight excluding hydrogens is 138 g/mol. The molecule has 2 heterocycles. The molecule has 0 aliphatic rings. The smallest absolute Gasteiger partial charge is 0.133 e. The van der Waals surface area contributed by atoms with Crippen molar-refractivity contribution in [1.82, 2.24) is 4.98 Å². The highest BCUT2D eigenvalue weighted by atomic mass is 16.3. The van der Waals surface area contributed by atoms with Crippen LogP contribution in [0.1, 0.15) is 0 Å². The Morgan fingerprint density at radius 2 is 1.91 bits per heavy atom. The van der Waals surface area contributed by atoms with Gasteiger partial charge in [0.25, 0.3) is 0 Å². The quantitative estimate of drug-likeness (QED) is 0.615. The average molecular weight is 145 g/mol. The maximum Gasteiger partial charge on any atom is 0.133 e. The summed E-state index contributed by atoms with van der Waals surface area (Å²) < 4.78 is 5.19. The molecule has 0 radical (unpaired) electrons. The molecule has 0 aliphatic carbocycles. The molecule has 0 bridgehead atoms. The van der Waals surface area contributed by atoms with Crippen LogP contribution < -0.4 is 0 Å². The van der Waals surface area contributed by atoms with Crippen molar-refractivity contribution in [2.45, 2.75) is 0 Å². The Labute approximate surface area is 64.5 Å². The fourth-order valence-corrected chi connectivity index (χ4v) is 0.959. The molecule has 0 aliphatic heterocycles. The van der Waals surface area contributed by atoms with Crippen LogP contribution in [0.2, 0.25) is 0 Å². The third kappa shape index (κ3) is 1.15. The van der Waals surface area contributed by atoms with E-state index in [1.54, 1.807) is 18.7 Å². The van der Waals surface area contributed by atoms with E-state index < -0.39 is 0 Å². The second-order valence-electron chi connectivity index (χ2n) is 2.21. The molecule has 0 N–H and O–H groups in total. The minimum Gasteiger partial charge on any atom is -0.464 e. The molecule has 0 saturated heterocycles. The van der Waals surface area contributed by atoms with Crippen molar-refractivity contribution in [3.05, 3.63) is 42.9 Å². The number of hydrogen-bond donors (Lipinski definition) is 0. The molecule has 0 unspecified atom stereocenters. The largest absolute Gasteiger partial charge is 0.464 e. The van der Waals surface area contributed by atoms with Gasteiger partial charge in [-0.2, -0.15) is 0 Å². The normalized spacial score (nSPS) is 9.82. The summed E-state index contributed by atoms with van der Waals surface area (Å²) in [6.07, 6.45) is 5.16. The lowest BCUT2D eigenvalue weighted by Crippen LogP contribution is -1.72. The summed E-state index contributed by atoms with van der Waals surface area (Å²) in [5, 5.41) is 0. The Kier molecular flexibility index (Phi) is 1.44. The third-order valence-electron chi connectivity index (χ3n) is 1.49. The second kappa shape index (κ2) is 2.58. The van der Waals surface area contributed by atoms with Crippen molar-refractivity contribution in [2.24, 2.45) is 0 Å².